The average molecular weight is 305 g/mol. The van der Waals surface area contributed by atoms with Gasteiger partial charge in [0.15, 0.2) is 6.10 Å². The molecule has 1 rings (SSSR count). The van der Waals surface area contributed by atoms with Crippen molar-refractivity contribution in [1.82, 2.24) is 5.32 Å². The first kappa shape index (κ1) is 18.2. The van der Waals surface area contributed by atoms with Crippen LogP contribution < -0.4 is 5.32 Å². The molecule has 4 heteroatoms. The summed E-state index contributed by atoms with van der Waals surface area (Å²) in [7, 11) is 0. The summed E-state index contributed by atoms with van der Waals surface area (Å²) in [6.45, 7) is 12.3. The Morgan fingerprint density at radius 2 is 1.73 bits per heavy atom. The van der Waals surface area contributed by atoms with E-state index in [2.05, 4.69) is 25.2 Å². The number of esters is 1. The Kier molecular flexibility index (Phi) is 6.60. The minimum absolute atomic E-state index is 0.209. The normalized spacial score (nSPS) is 12.4. The van der Waals surface area contributed by atoms with Crippen LogP contribution in [0.15, 0.2) is 18.2 Å². The van der Waals surface area contributed by atoms with Crippen molar-refractivity contribution in [2.75, 3.05) is 6.54 Å². The van der Waals surface area contributed by atoms with Crippen LogP contribution in [0.5, 0.6) is 0 Å². The van der Waals surface area contributed by atoms with Gasteiger partial charge in [-0.3, -0.25) is 4.79 Å². The molecule has 0 radical (unpaired) electrons. The van der Waals surface area contributed by atoms with Gasteiger partial charge in [0, 0.05) is 6.54 Å². The molecule has 1 aromatic rings. The molecular formula is C18H27NO3. The van der Waals surface area contributed by atoms with E-state index in [-0.39, 0.29) is 11.8 Å². The van der Waals surface area contributed by atoms with E-state index in [4.69, 9.17) is 4.74 Å². The Balaban J connectivity index is 3.00. The first-order valence-electron chi connectivity index (χ1n) is 7.90. The van der Waals surface area contributed by atoms with E-state index in [1.54, 1.807) is 13.0 Å². The van der Waals surface area contributed by atoms with Crippen molar-refractivity contribution in [1.29, 1.82) is 0 Å². The summed E-state index contributed by atoms with van der Waals surface area (Å²) in [6, 6.07) is 5.81. The first-order chi connectivity index (χ1) is 10.3. The molecule has 0 unspecified atom stereocenters. The van der Waals surface area contributed by atoms with E-state index in [1.807, 2.05) is 26.8 Å². The van der Waals surface area contributed by atoms with Gasteiger partial charge in [-0.15, -0.1) is 0 Å². The Labute approximate surface area is 133 Å². The van der Waals surface area contributed by atoms with E-state index >= 15 is 0 Å². The number of nitrogens with one attached hydrogen (secondary N) is 1. The van der Waals surface area contributed by atoms with E-state index in [0.717, 1.165) is 5.56 Å². The van der Waals surface area contributed by atoms with E-state index in [0.29, 0.717) is 18.0 Å². The second kappa shape index (κ2) is 7.97. The van der Waals surface area contributed by atoms with Crippen molar-refractivity contribution in [3.63, 3.8) is 0 Å². The molecule has 4 nitrogen and oxygen atoms in total. The second-order valence-corrected chi connectivity index (χ2v) is 6.10. The molecular weight excluding hydrogens is 278 g/mol. The Morgan fingerprint density at radius 3 is 2.23 bits per heavy atom. The lowest BCUT2D eigenvalue weighted by Crippen LogP contribution is -2.35. The van der Waals surface area contributed by atoms with Crippen LogP contribution in [0.1, 0.15) is 74.9 Å². The number of ether oxygens (including phenoxy) is 1. The molecule has 1 amide bonds. The maximum absolute atomic E-state index is 12.4. The Hall–Kier alpha value is -1.84. The lowest BCUT2D eigenvalue weighted by molar-refractivity contribution is -0.128. The van der Waals surface area contributed by atoms with Gasteiger partial charge in [-0.1, -0.05) is 39.8 Å². The average Bonchev–Trinajstić information content (AvgIpc) is 2.46. The zero-order chi connectivity index (χ0) is 16.9. The van der Waals surface area contributed by atoms with Crippen LogP contribution in [0.25, 0.3) is 0 Å². The molecule has 1 N–H and O–H groups in total. The summed E-state index contributed by atoms with van der Waals surface area (Å²) in [4.78, 5) is 24.1. The number of rotatable bonds is 6. The lowest BCUT2D eigenvalue weighted by Gasteiger charge is -2.18. The van der Waals surface area contributed by atoms with Gasteiger partial charge in [-0.05, 0) is 42.9 Å². The van der Waals surface area contributed by atoms with Gasteiger partial charge in [0.2, 0.25) is 0 Å². The molecule has 0 aliphatic heterocycles. The number of hydrogen-bond acceptors (Lipinski definition) is 3. The highest BCUT2D eigenvalue weighted by molar-refractivity contribution is 5.93. The third kappa shape index (κ3) is 4.58. The SMILES string of the molecule is CCNC(=O)[C@@H](C)OC(=O)c1ccc(C(C)C)cc1C(C)C. The Morgan fingerprint density at radius 1 is 1.09 bits per heavy atom. The predicted octanol–water partition coefficient (Wildman–Crippen LogP) is 3.61. The van der Waals surface area contributed by atoms with Gasteiger partial charge in [0.25, 0.3) is 5.91 Å². The number of likely N-dealkylation sites (N-methyl/N-ethyl adjacent to an activating group) is 1. The summed E-state index contributed by atoms with van der Waals surface area (Å²) in [5.41, 5.74) is 2.69. The smallest absolute Gasteiger partial charge is 0.339 e. The largest absolute Gasteiger partial charge is 0.449 e. The van der Waals surface area contributed by atoms with Crippen molar-refractivity contribution in [2.45, 2.75) is 59.5 Å². The molecule has 122 valence electrons. The molecule has 0 bridgehead atoms. The van der Waals surface area contributed by atoms with Gasteiger partial charge < -0.3 is 10.1 Å². The fourth-order valence-corrected chi connectivity index (χ4v) is 2.20. The highest BCUT2D eigenvalue weighted by Crippen LogP contribution is 2.25. The maximum Gasteiger partial charge on any atom is 0.339 e. The number of hydrogen-bond donors (Lipinski definition) is 1. The van der Waals surface area contributed by atoms with Crippen LogP contribution in [0.3, 0.4) is 0 Å². The summed E-state index contributed by atoms with van der Waals surface area (Å²) >= 11 is 0. The quantitative estimate of drug-likeness (QED) is 0.817. The second-order valence-electron chi connectivity index (χ2n) is 6.10. The minimum Gasteiger partial charge on any atom is -0.449 e. The Bertz CT molecular complexity index is 535. The third-order valence-electron chi connectivity index (χ3n) is 3.59. The molecule has 22 heavy (non-hydrogen) atoms. The highest BCUT2D eigenvalue weighted by Gasteiger charge is 2.21. The van der Waals surface area contributed by atoms with Crippen molar-refractivity contribution < 1.29 is 14.3 Å². The maximum atomic E-state index is 12.4. The fourth-order valence-electron chi connectivity index (χ4n) is 2.20. The molecule has 0 aliphatic carbocycles. The molecule has 0 fully saturated rings. The minimum atomic E-state index is -0.794. The van der Waals surface area contributed by atoms with Gasteiger partial charge >= 0.3 is 5.97 Å². The van der Waals surface area contributed by atoms with E-state index < -0.39 is 12.1 Å². The zero-order valence-corrected chi connectivity index (χ0v) is 14.4. The van der Waals surface area contributed by atoms with Crippen molar-refractivity contribution >= 4 is 11.9 Å². The van der Waals surface area contributed by atoms with Crippen LogP contribution in [-0.2, 0) is 9.53 Å². The van der Waals surface area contributed by atoms with Crippen molar-refractivity contribution in [3.05, 3.63) is 34.9 Å². The molecule has 0 spiro atoms. The van der Waals surface area contributed by atoms with E-state index in [9.17, 15) is 9.59 Å². The molecule has 0 saturated carbocycles. The number of carbonyl (C=O) groups is 2. The molecule has 1 aromatic carbocycles. The summed E-state index contributed by atoms with van der Waals surface area (Å²) in [5, 5.41) is 2.65. The standard InChI is InChI=1S/C18H27NO3/c1-7-19-17(20)13(6)22-18(21)15-9-8-14(11(2)3)10-16(15)12(4)5/h8-13H,7H2,1-6H3,(H,19,20)/t13-/m1/s1. The zero-order valence-electron chi connectivity index (χ0n) is 14.4. The topological polar surface area (TPSA) is 55.4 Å². The summed E-state index contributed by atoms with van der Waals surface area (Å²) < 4.78 is 5.29. The summed E-state index contributed by atoms with van der Waals surface area (Å²) in [6.07, 6.45) is -0.794. The van der Waals surface area contributed by atoms with Crippen LogP contribution in [0, 0.1) is 0 Å². The number of amides is 1. The summed E-state index contributed by atoms with van der Waals surface area (Å²) in [5.74, 6) is -0.114. The van der Waals surface area contributed by atoms with Gasteiger partial charge in [0.05, 0.1) is 5.56 Å². The highest BCUT2D eigenvalue weighted by atomic mass is 16.5. The number of carbonyl (C=O) groups excluding carboxylic acids is 2. The molecule has 0 aliphatic rings. The van der Waals surface area contributed by atoms with Gasteiger partial charge in [-0.2, -0.15) is 0 Å². The van der Waals surface area contributed by atoms with Gasteiger partial charge in [0.1, 0.15) is 0 Å². The fraction of sp³-hybridized carbons (Fsp3) is 0.556. The van der Waals surface area contributed by atoms with Crippen LogP contribution >= 0.6 is 0 Å². The van der Waals surface area contributed by atoms with E-state index in [1.165, 1.54) is 5.56 Å². The first-order valence-corrected chi connectivity index (χ1v) is 7.90. The van der Waals surface area contributed by atoms with Gasteiger partial charge in [-0.25, -0.2) is 4.79 Å². The molecule has 0 heterocycles. The molecule has 0 aromatic heterocycles. The number of benzene rings is 1. The van der Waals surface area contributed by atoms with Crippen LogP contribution in [0.4, 0.5) is 0 Å². The third-order valence-corrected chi connectivity index (χ3v) is 3.59. The lowest BCUT2D eigenvalue weighted by atomic mass is 9.91. The molecule has 1 atom stereocenters. The van der Waals surface area contributed by atoms with Crippen LogP contribution in [-0.4, -0.2) is 24.5 Å². The molecule has 0 saturated heterocycles. The monoisotopic (exact) mass is 305 g/mol. The van der Waals surface area contributed by atoms with Crippen LogP contribution in [0.2, 0.25) is 0 Å². The van der Waals surface area contributed by atoms with Crippen molar-refractivity contribution in [3.8, 4) is 0 Å². The predicted molar refractivity (Wildman–Crippen MR) is 88.2 cm³/mol. The van der Waals surface area contributed by atoms with Crippen molar-refractivity contribution in [2.24, 2.45) is 0 Å².